The fourth-order valence-corrected chi connectivity index (χ4v) is 2.42. The Morgan fingerprint density at radius 1 is 1.35 bits per heavy atom. The molecule has 1 aliphatic carbocycles. The van der Waals surface area contributed by atoms with Crippen LogP contribution in [-0.4, -0.2) is 49.1 Å². The van der Waals surface area contributed by atoms with E-state index < -0.39 is 0 Å². The summed E-state index contributed by atoms with van der Waals surface area (Å²) in [6, 6.07) is 1.25. The van der Waals surface area contributed by atoms with E-state index in [-0.39, 0.29) is 5.91 Å². The van der Waals surface area contributed by atoms with Crippen LogP contribution in [0.15, 0.2) is 0 Å². The number of hydrogen-bond acceptors (Lipinski definition) is 3. The van der Waals surface area contributed by atoms with E-state index in [1.54, 1.807) is 0 Å². The van der Waals surface area contributed by atoms with Crippen LogP contribution in [0, 0.1) is 5.92 Å². The minimum Gasteiger partial charge on any atom is -0.355 e. The molecule has 98 valence electrons. The zero-order valence-corrected chi connectivity index (χ0v) is 11.0. The van der Waals surface area contributed by atoms with Crippen molar-refractivity contribution in [2.45, 2.75) is 45.2 Å². The van der Waals surface area contributed by atoms with Gasteiger partial charge in [-0.25, -0.2) is 0 Å². The van der Waals surface area contributed by atoms with E-state index in [9.17, 15) is 4.79 Å². The van der Waals surface area contributed by atoms with Gasteiger partial charge in [-0.15, -0.1) is 0 Å². The number of amides is 1. The second-order valence-corrected chi connectivity index (χ2v) is 5.72. The van der Waals surface area contributed by atoms with Crippen LogP contribution in [0.2, 0.25) is 0 Å². The lowest BCUT2D eigenvalue weighted by Crippen LogP contribution is -2.39. The van der Waals surface area contributed by atoms with Crippen molar-refractivity contribution >= 4 is 5.91 Å². The normalized spacial score (nSPS) is 25.5. The summed E-state index contributed by atoms with van der Waals surface area (Å²) in [5, 5.41) is 6.17. The molecule has 2 aliphatic rings. The average molecular weight is 239 g/mol. The van der Waals surface area contributed by atoms with E-state index in [1.807, 2.05) is 0 Å². The Hall–Kier alpha value is -0.610. The molecule has 2 N–H and O–H groups in total. The molecule has 1 saturated carbocycles. The van der Waals surface area contributed by atoms with Gasteiger partial charge in [0.2, 0.25) is 5.91 Å². The molecule has 1 heterocycles. The predicted octanol–water partition coefficient (Wildman–Crippen LogP) is 0.585. The van der Waals surface area contributed by atoms with Gasteiger partial charge in [-0.2, -0.15) is 0 Å². The maximum absolute atomic E-state index is 11.5. The van der Waals surface area contributed by atoms with Crippen LogP contribution in [-0.2, 0) is 4.79 Å². The molecule has 2 rings (SSSR count). The van der Waals surface area contributed by atoms with Gasteiger partial charge in [0.1, 0.15) is 0 Å². The molecule has 1 atom stereocenters. The van der Waals surface area contributed by atoms with Gasteiger partial charge >= 0.3 is 0 Å². The first-order valence-corrected chi connectivity index (χ1v) is 6.89. The van der Waals surface area contributed by atoms with Crippen LogP contribution in [0.25, 0.3) is 0 Å². The number of hydrogen-bond donors (Lipinski definition) is 2. The van der Waals surface area contributed by atoms with E-state index in [4.69, 9.17) is 0 Å². The first-order chi connectivity index (χ1) is 8.15. The number of nitrogens with zero attached hydrogens (tertiary/aromatic N) is 1. The van der Waals surface area contributed by atoms with Crippen molar-refractivity contribution in [2.24, 2.45) is 5.92 Å². The first kappa shape index (κ1) is 12.8. The highest BCUT2D eigenvalue weighted by Crippen LogP contribution is 2.31. The smallest absolute Gasteiger partial charge is 0.233 e. The highest BCUT2D eigenvalue weighted by Gasteiger charge is 2.34. The molecule has 1 aliphatic heterocycles. The van der Waals surface area contributed by atoms with Gasteiger partial charge in [0, 0.05) is 25.2 Å². The highest BCUT2D eigenvalue weighted by atomic mass is 16.1. The van der Waals surface area contributed by atoms with E-state index >= 15 is 0 Å². The second-order valence-electron chi connectivity index (χ2n) is 5.72. The lowest BCUT2D eigenvalue weighted by Gasteiger charge is -2.15. The molecule has 1 saturated heterocycles. The van der Waals surface area contributed by atoms with Crippen molar-refractivity contribution in [3.05, 3.63) is 0 Å². The number of carbonyl (C=O) groups excluding carboxylic acids is 1. The predicted molar refractivity (Wildman–Crippen MR) is 68.9 cm³/mol. The third-order valence-electron chi connectivity index (χ3n) is 3.64. The summed E-state index contributed by atoms with van der Waals surface area (Å²) < 4.78 is 0. The van der Waals surface area contributed by atoms with Gasteiger partial charge in [0.05, 0.1) is 6.54 Å². The zero-order valence-electron chi connectivity index (χ0n) is 11.0. The quantitative estimate of drug-likeness (QED) is 0.713. The molecular weight excluding hydrogens is 214 g/mol. The number of nitrogens with one attached hydrogen (secondary N) is 2. The summed E-state index contributed by atoms with van der Waals surface area (Å²) in [4.78, 5) is 14.1. The van der Waals surface area contributed by atoms with Crippen molar-refractivity contribution in [3.8, 4) is 0 Å². The molecule has 4 heteroatoms. The Morgan fingerprint density at radius 2 is 2.12 bits per heavy atom. The van der Waals surface area contributed by atoms with Crippen LogP contribution < -0.4 is 10.6 Å². The van der Waals surface area contributed by atoms with E-state index in [0.29, 0.717) is 18.5 Å². The van der Waals surface area contributed by atoms with Crippen LogP contribution in [0.3, 0.4) is 0 Å². The SMILES string of the molecule is CC(C)NCC(=O)NCC1CCN(C2CC2)C1. The Bertz CT molecular complexity index is 263. The molecule has 4 nitrogen and oxygen atoms in total. The third kappa shape index (κ3) is 4.28. The molecule has 17 heavy (non-hydrogen) atoms. The van der Waals surface area contributed by atoms with E-state index in [0.717, 1.165) is 12.6 Å². The van der Waals surface area contributed by atoms with Crippen molar-refractivity contribution in [3.63, 3.8) is 0 Å². The zero-order chi connectivity index (χ0) is 12.3. The Kier molecular flexibility index (Phi) is 4.40. The molecule has 2 fully saturated rings. The monoisotopic (exact) mass is 239 g/mol. The summed E-state index contributed by atoms with van der Waals surface area (Å²) in [6.07, 6.45) is 4.02. The Balaban J connectivity index is 1.57. The standard InChI is InChI=1S/C13H25N3O/c1-10(2)14-8-13(17)15-7-11-5-6-16(9-11)12-3-4-12/h10-12,14H,3-9H2,1-2H3,(H,15,17). The van der Waals surface area contributed by atoms with Gasteiger partial charge in [-0.3, -0.25) is 4.79 Å². The summed E-state index contributed by atoms with van der Waals surface area (Å²) in [5.41, 5.74) is 0. The molecule has 0 radical (unpaired) electrons. The van der Waals surface area contributed by atoms with Gasteiger partial charge in [-0.05, 0) is 31.7 Å². The molecule has 0 aromatic rings. The van der Waals surface area contributed by atoms with E-state index in [2.05, 4.69) is 29.4 Å². The number of likely N-dealkylation sites (tertiary alicyclic amines) is 1. The molecule has 0 bridgehead atoms. The molecule has 0 aromatic carbocycles. The van der Waals surface area contributed by atoms with Crippen molar-refractivity contribution in [1.82, 2.24) is 15.5 Å². The lowest BCUT2D eigenvalue weighted by atomic mass is 10.1. The molecular formula is C13H25N3O. The summed E-state index contributed by atoms with van der Waals surface area (Å²) >= 11 is 0. The van der Waals surface area contributed by atoms with Gasteiger partial charge < -0.3 is 15.5 Å². The van der Waals surface area contributed by atoms with Gasteiger partial charge in [0.25, 0.3) is 0 Å². The minimum absolute atomic E-state index is 0.128. The maximum Gasteiger partial charge on any atom is 0.233 e. The van der Waals surface area contributed by atoms with Crippen molar-refractivity contribution in [1.29, 1.82) is 0 Å². The molecule has 0 spiro atoms. The number of carbonyl (C=O) groups is 1. The first-order valence-electron chi connectivity index (χ1n) is 6.89. The second kappa shape index (κ2) is 5.83. The summed E-state index contributed by atoms with van der Waals surface area (Å²) in [5.74, 6) is 0.794. The Labute approximate surface area is 104 Å². The number of rotatable bonds is 6. The van der Waals surface area contributed by atoms with Crippen LogP contribution in [0.4, 0.5) is 0 Å². The average Bonchev–Trinajstić information content (AvgIpc) is 3.04. The molecule has 1 unspecified atom stereocenters. The van der Waals surface area contributed by atoms with Gasteiger partial charge in [-0.1, -0.05) is 13.8 Å². The Morgan fingerprint density at radius 3 is 2.76 bits per heavy atom. The van der Waals surface area contributed by atoms with Crippen LogP contribution >= 0.6 is 0 Å². The third-order valence-corrected chi connectivity index (χ3v) is 3.64. The lowest BCUT2D eigenvalue weighted by molar-refractivity contribution is -0.120. The molecule has 1 amide bonds. The summed E-state index contributed by atoms with van der Waals surface area (Å²) in [6.45, 7) is 7.81. The minimum atomic E-state index is 0.128. The largest absolute Gasteiger partial charge is 0.355 e. The maximum atomic E-state index is 11.5. The van der Waals surface area contributed by atoms with E-state index in [1.165, 1.54) is 32.4 Å². The molecule has 0 aromatic heterocycles. The van der Waals surface area contributed by atoms with Crippen molar-refractivity contribution < 1.29 is 4.79 Å². The van der Waals surface area contributed by atoms with Crippen LogP contribution in [0.1, 0.15) is 33.1 Å². The fraction of sp³-hybridized carbons (Fsp3) is 0.923. The van der Waals surface area contributed by atoms with Gasteiger partial charge in [0.15, 0.2) is 0 Å². The fourth-order valence-electron chi connectivity index (χ4n) is 2.42. The highest BCUT2D eigenvalue weighted by molar-refractivity contribution is 5.77. The van der Waals surface area contributed by atoms with Crippen LogP contribution in [0.5, 0.6) is 0 Å². The van der Waals surface area contributed by atoms with Crippen molar-refractivity contribution in [2.75, 3.05) is 26.2 Å². The topological polar surface area (TPSA) is 44.4 Å². The summed E-state index contributed by atoms with van der Waals surface area (Å²) in [7, 11) is 0.